The Morgan fingerprint density at radius 3 is 2.46 bits per heavy atom. The van der Waals surface area contributed by atoms with Crippen molar-refractivity contribution in [1.29, 1.82) is 0 Å². The summed E-state index contributed by atoms with van der Waals surface area (Å²) >= 11 is 0. The first-order chi connectivity index (χ1) is 11.2. The number of likely N-dealkylation sites (tertiary alicyclic amines) is 1. The average molecular weight is 340 g/mol. The van der Waals surface area contributed by atoms with E-state index >= 15 is 0 Å². The number of nitrogens with one attached hydrogen (secondary N) is 1. The standard InChI is InChI=1S/C18H32N2O4/c1-16(2,3)24-15(22)20-8-4-7-17(11-20,12-21)18(23)9-13-5-6-14(10-18)19-13/h13-14,19,21,23H,4-12H2,1-3H3. The minimum Gasteiger partial charge on any atom is -0.444 e. The predicted molar refractivity (Wildman–Crippen MR) is 90.7 cm³/mol. The van der Waals surface area contributed by atoms with Crippen molar-refractivity contribution in [2.24, 2.45) is 5.41 Å². The normalized spacial score (nSPS) is 39.8. The number of ether oxygens (including phenoxy) is 1. The van der Waals surface area contributed by atoms with Gasteiger partial charge in [0.25, 0.3) is 0 Å². The van der Waals surface area contributed by atoms with Crippen molar-refractivity contribution in [3.8, 4) is 0 Å². The minimum atomic E-state index is -0.917. The molecule has 3 rings (SSSR count). The highest BCUT2D eigenvalue weighted by atomic mass is 16.6. The molecule has 138 valence electrons. The molecule has 3 unspecified atom stereocenters. The Bertz CT molecular complexity index is 478. The van der Waals surface area contributed by atoms with E-state index in [-0.39, 0.29) is 12.7 Å². The zero-order valence-electron chi connectivity index (χ0n) is 15.2. The number of fused-ring (bicyclic) bond motifs is 2. The molecule has 0 aliphatic carbocycles. The number of piperidine rings is 2. The fraction of sp³-hybridized carbons (Fsp3) is 0.944. The van der Waals surface area contributed by atoms with E-state index in [1.807, 2.05) is 20.8 Å². The summed E-state index contributed by atoms with van der Waals surface area (Å²) in [5.41, 5.74) is -2.11. The molecule has 3 saturated heterocycles. The van der Waals surface area contributed by atoms with E-state index in [0.717, 1.165) is 25.7 Å². The third-order valence-electron chi connectivity index (χ3n) is 6.02. The molecule has 3 aliphatic rings. The summed E-state index contributed by atoms with van der Waals surface area (Å²) in [6.07, 6.45) is 4.68. The Morgan fingerprint density at radius 2 is 1.92 bits per heavy atom. The van der Waals surface area contributed by atoms with E-state index in [0.29, 0.717) is 38.0 Å². The molecule has 3 atom stereocenters. The minimum absolute atomic E-state index is 0.0950. The lowest BCUT2D eigenvalue weighted by atomic mass is 9.62. The zero-order valence-corrected chi connectivity index (χ0v) is 15.2. The first-order valence-electron chi connectivity index (χ1n) is 9.24. The van der Waals surface area contributed by atoms with Gasteiger partial charge in [0.1, 0.15) is 5.60 Å². The van der Waals surface area contributed by atoms with E-state index in [1.54, 1.807) is 4.90 Å². The number of amides is 1. The Morgan fingerprint density at radius 1 is 1.29 bits per heavy atom. The van der Waals surface area contributed by atoms with Gasteiger partial charge >= 0.3 is 6.09 Å². The van der Waals surface area contributed by atoms with E-state index in [9.17, 15) is 15.0 Å². The second-order valence-corrected chi connectivity index (χ2v) is 9.02. The fourth-order valence-electron chi connectivity index (χ4n) is 4.83. The number of aliphatic hydroxyl groups is 2. The Kier molecular flexibility index (Phi) is 4.60. The monoisotopic (exact) mass is 340 g/mol. The number of aliphatic hydroxyl groups excluding tert-OH is 1. The lowest BCUT2D eigenvalue weighted by molar-refractivity contribution is -0.158. The average Bonchev–Trinajstić information content (AvgIpc) is 2.84. The highest BCUT2D eigenvalue weighted by molar-refractivity contribution is 5.68. The molecule has 6 nitrogen and oxygen atoms in total. The highest BCUT2D eigenvalue weighted by Gasteiger charge is 2.57. The number of rotatable bonds is 2. The molecule has 0 spiro atoms. The van der Waals surface area contributed by atoms with Gasteiger partial charge in [-0.3, -0.25) is 0 Å². The van der Waals surface area contributed by atoms with Crippen molar-refractivity contribution in [1.82, 2.24) is 10.2 Å². The molecular formula is C18H32N2O4. The molecule has 0 aromatic heterocycles. The van der Waals surface area contributed by atoms with Crippen molar-refractivity contribution < 1.29 is 19.7 Å². The van der Waals surface area contributed by atoms with Gasteiger partial charge in [-0.15, -0.1) is 0 Å². The molecule has 0 aromatic rings. The zero-order chi connectivity index (χ0) is 17.6. The molecule has 2 bridgehead atoms. The van der Waals surface area contributed by atoms with Crippen molar-refractivity contribution in [3.05, 3.63) is 0 Å². The Labute approximate surface area is 144 Å². The number of hydrogen-bond acceptors (Lipinski definition) is 5. The third-order valence-corrected chi connectivity index (χ3v) is 6.02. The number of carbonyl (C=O) groups excluding carboxylic acids is 1. The number of hydrogen-bond donors (Lipinski definition) is 3. The topological polar surface area (TPSA) is 82.0 Å². The van der Waals surface area contributed by atoms with Crippen LogP contribution in [0.15, 0.2) is 0 Å². The van der Waals surface area contributed by atoms with Gasteiger partial charge in [-0.05, 0) is 59.3 Å². The Hall–Kier alpha value is -0.850. The van der Waals surface area contributed by atoms with Crippen LogP contribution in [0.4, 0.5) is 4.79 Å². The first-order valence-corrected chi connectivity index (χ1v) is 9.24. The lowest BCUT2D eigenvalue weighted by Crippen LogP contribution is -2.64. The molecule has 0 radical (unpaired) electrons. The third kappa shape index (κ3) is 3.28. The van der Waals surface area contributed by atoms with E-state index in [1.165, 1.54) is 0 Å². The summed E-state index contributed by atoms with van der Waals surface area (Å²) in [7, 11) is 0. The lowest BCUT2D eigenvalue weighted by Gasteiger charge is -2.54. The van der Waals surface area contributed by atoms with Crippen LogP contribution in [0.5, 0.6) is 0 Å². The fourth-order valence-corrected chi connectivity index (χ4v) is 4.83. The van der Waals surface area contributed by atoms with Crippen LogP contribution in [0.2, 0.25) is 0 Å². The van der Waals surface area contributed by atoms with E-state index < -0.39 is 16.6 Å². The van der Waals surface area contributed by atoms with Crippen LogP contribution < -0.4 is 5.32 Å². The molecule has 3 fully saturated rings. The summed E-state index contributed by atoms with van der Waals surface area (Å²) < 4.78 is 5.50. The van der Waals surface area contributed by atoms with Crippen LogP contribution in [0.3, 0.4) is 0 Å². The number of nitrogens with zero attached hydrogens (tertiary/aromatic N) is 1. The summed E-state index contributed by atoms with van der Waals surface area (Å²) in [4.78, 5) is 14.1. The second-order valence-electron chi connectivity index (χ2n) is 9.02. The molecule has 0 saturated carbocycles. The molecular weight excluding hydrogens is 308 g/mol. The first kappa shape index (κ1) is 18.0. The van der Waals surface area contributed by atoms with Crippen LogP contribution in [0.1, 0.15) is 59.3 Å². The molecule has 24 heavy (non-hydrogen) atoms. The SMILES string of the molecule is CC(C)(C)OC(=O)N1CCCC(CO)(C2(O)CC3CCC(C2)N3)C1. The van der Waals surface area contributed by atoms with Gasteiger partial charge in [-0.2, -0.15) is 0 Å². The van der Waals surface area contributed by atoms with Crippen molar-refractivity contribution in [2.45, 2.75) is 82.6 Å². The molecule has 3 heterocycles. The summed E-state index contributed by atoms with van der Waals surface area (Å²) in [6.45, 7) is 6.46. The number of carbonyl (C=O) groups is 1. The van der Waals surface area contributed by atoms with Gasteiger partial charge in [0, 0.05) is 30.6 Å². The predicted octanol–water partition coefficient (Wildman–Crippen LogP) is 1.64. The van der Waals surface area contributed by atoms with E-state index in [4.69, 9.17) is 4.74 Å². The van der Waals surface area contributed by atoms with Gasteiger partial charge in [0.15, 0.2) is 0 Å². The van der Waals surface area contributed by atoms with Crippen molar-refractivity contribution >= 4 is 6.09 Å². The molecule has 0 aromatic carbocycles. The quantitative estimate of drug-likeness (QED) is 0.712. The maximum Gasteiger partial charge on any atom is 0.410 e. The molecule has 6 heteroatoms. The highest BCUT2D eigenvalue weighted by Crippen LogP contribution is 2.49. The van der Waals surface area contributed by atoms with Crippen molar-refractivity contribution in [2.75, 3.05) is 19.7 Å². The summed E-state index contributed by atoms with van der Waals surface area (Å²) in [5.74, 6) is 0. The molecule has 3 aliphatic heterocycles. The smallest absolute Gasteiger partial charge is 0.410 e. The van der Waals surface area contributed by atoms with Gasteiger partial charge in [-0.25, -0.2) is 4.79 Å². The Balaban J connectivity index is 1.78. The largest absolute Gasteiger partial charge is 0.444 e. The molecule has 3 N–H and O–H groups in total. The van der Waals surface area contributed by atoms with Crippen LogP contribution in [0, 0.1) is 5.41 Å². The van der Waals surface area contributed by atoms with Crippen LogP contribution in [-0.2, 0) is 4.74 Å². The summed E-state index contributed by atoms with van der Waals surface area (Å²) in [6, 6.07) is 0.656. The van der Waals surface area contributed by atoms with E-state index in [2.05, 4.69) is 5.32 Å². The molecule has 1 amide bonds. The van der Waals surface area contributed by atoms with Gasteiger partial charge < -0.3 is 25.2 Å². The maximum atomic E-state index is 12.5. The van der Waals surface area contributed by atoms with Crippen LogP contribution in [-0.4, -0.2) is 64.2 Å². The summed E-state index contributed by atoms with van der Waals surface area (Å²) in [5, 5.41) is 25.2. The van der Waals surface area contributed by atoms with Gasteiger partial charge in [-0.1, -0.05) is 0 Å². The van der Waals surface area contributed by atoms with Gasteiger partial charge in [0.2, 0.25) is 0 Å². The van der Waals surface area contributed by atoms with Crippen LogP contribution >= 0.6 is 0 Å². The van der Waals surface area contributed by atoms with Gasteiger partial charge in [0.05, 0.1) is 12.2 Å². The van der Waals surface area contributed by atoms with Crippen LogP contribution in [0.25, 0.3) is 0 Å². The van der Waals surface area contributed by atoms with Crippen molar-refractivity contribution in [3.63, 3.8) is 0 Å². The second kappa shape index (κ2) is 6.15. The maximum absolute atomic E-state index is 12.5.